The third kappa shape index (κ3) is 6.21. The Morgan fingerprint density at radius 1 is 1.00 bits per heavy atom. The van der Waals surface area contributed by atoms with Crippen LogP contribution in [0.4, 0.5) is 0 Å². The molecule has 0 bridgehead atoms. The van der Waals surface area contributed by atoms with Gasteiger partial charge in [-0.05, 0) is 34.1 Å². The maximum atomic E-state index is 12.3. The fraction of sp³-hybridized carbons (Fsp3) is 0.933. The molecule has 0 saturated heterocycles. The second-order valence-electron chi connectivity index (χ2n) is 7.71. The largest absolute Gasteiger partial charge is 0.373 e. The zero-order valence-corrected chi connectivity index (χ0v) is 13.1. The van der Waals surface area contributed by atoms with E-state index in [1.807, 2.05) is 62.3 Å². The van der Waals surface area contributed by atoms with Crippen LogP contribution in [-0.2, 0) is 9.53 Å². The van der Waals surface area contributed by atoms with Gasteiger partial charge >= 0.3 is 0 Å². The molecule has 0 aliphatic carbocycles. The van der Waals surface area contributed by atoms with Gasteiger partial charge in [0.1, 0.15) is 5.78 Å². The van der Waals surface area contributed by atoms with Crippen LogP contribution >= 0.6 is 0 Å². The molecule has 0 heterocycles. The van der Waals surface area contributed by atoms with Crippen LogP contribution < -0.4 is 0 Å². The Kier molecular flexibility index (Phi) is 4.98. The summed E-state index contributed by atoms with van der Waals surface area (Å²) in [5, 5.41) is 0. The van der Waals surface area contributed by atoms with Crippen molar-refractivity contribution in [2.75, 3.05) is 0 Å². The van der Waals surface area contributed by atoms with Crippen molar-refractivity contribution in [1.29, 1.82) is 0 Å². The zero-order chi connectivity index (χ0) is 14.1. The molecule has 0 saturated carbocycles. The van der Waals surface area contributed by atoms with Crippen molar-refractivity contribution in [3.63, 3.8) is 0 Å². The molecule has 1 unspecified atom stereocenters. The summed E-state index contributed by atoms with van der Waals surface area (Å²) in [5.74, 6) is 0.300. The van der Waals surface area contributed by atoms with Gasteiger partial charge in [0.2, 0.25) is 0 Å². The third-order valence-electron chi connectivity index (χ3n) is 2.65. The van der Waals surface area contributed by atoms with Gasteiger partial charge in [0.15, 0.2) is 0 Å². The quantitative estimate of drug-likeness (QED) is 0.737. The van der Waals surface area contributed by atoms with E-state index in [4.69, 9.17) is 4.74 Å². The van der Waals surface area contributed by atoms with Crippen molar-refractivity contribution in [2.45, 2.75) is 80.4 Å². The number of ketones is 1. The van der Waals surface area contributed by atoms with Crippen LogP contribution in [0.2, 0.25) is 0 Å². The molecule has 0 rings (SSSR count). The average molecular weight is 242 g/mol. The van der Waals surface area contributed by atoms with E-state index in [9.17, 15) is 4.79 Å². The van der Waals surface area contributed by atoms with E-state index in [0.29, 0.717) is 5.78 Å². The highest BCUT2D eigenvalue weighted by Gasteiger charge is 2.37. The van der Waals surface area contributed by atoms with Crippen LogP contribution in [0.3, 0.4) is 0 Å². The van der Waals surface area contributed by atoms with Gasteiger partial charge in [0, 0.05) is 10.8 Å². The Labute approximate surface area is 107 Å². The lowest BCUT2D eigenvalue weighted by Gasteiger charge is -2.34. The third-order valence-corrected chi connectivity index (χ3v) is 2.65. The van der Waals surface area contributed by atoms with Gasteiger partial charge in [-0.15, -0.1) is 0 Å². The Hall–Kier alpha value is -0.370. The van der Waals surface area contributed by atoms with E-state index < -0.39 is 0 Å². The number of carbonyl (C=O) groups excluding carboxylic acids is 1. The Morgan fingerprint density at radius 2 is 1.41 bits per heavy atom. The predicted octanol–water partition coefficient (Wildman–Crippen LogP) is 4.22. The normalized spacial score (nSPS) is 15.8. The zero-order valence-electron chi connectivity index (χ0n) is 13.1. The molecule has 0 fully saturated rings. The first kappa shape index (κ1) is 16.6. The minimum atomic E-state index is -0.330. The molecular formula is C15H30O2. The molecule has 0 spiro atoms. The van der Waals surface area contributed by atoms with Crippen molar-refractivity contribution in [3.05, 3.63) is 0 Å². The lowest BCUT2D eigenvalue weighted by Crippen LogP contribution is -2.38. The van der Waals surface area contributed by atoms with E-state index in [1.165, 1.54) is 0 Å². The maximum Gasteiger partial charge on any atom is 0.143 e. The lowest BCUT2D eigenvalue weighted by molar-refractivity contribution is -0.139. The highest BCUT2D eigenvalue weighted by Crippen LogP contribution is 2.34. The molecule has 0 aliphatic rings. The first-order valence-electron chi connectivity index (χ1n) is 6.48. The van der Waals surface area contributed by atoms with E-state index in [2.05, 4.69) is 0 Å². The minimum Gasteiger partial charge on any atom is -0.373 e. The van der Waals surface area contributed by atoms with E-state index >= 15 is 0 Å². The Morgan fingerprint density at radius 3 is 1.71 bits per heavy atom. The second-order valence-corrected chi connectivity index (χ2v) is 7.71. The van der Waals surface area contributed by atoms with Gasteiger partial charge in [0.25, 0.3) is 0 Å². The van der Waals surface area contributed by atoms with Crippen LogP contribution in [0.1, 0.15) is 68.7 Å². The van der Waals surface area contributed by atoms with Gasteiger partial charge in [-0.3, -0.25) is 4.79 Å². The standard InChI is InChI=1S/C15H30O2/c1-11(17-14(5,6)7)10-15(8,9)12(16)13(2,3)4/h11H,10H2,1-9H3. The van der Waals surface area contributed by atoms with Crippen molar-refractivity contribution >= 4 is 5.78 Å². The molecular weight excluding hydrogens is 212 g/mol. The molecule has 1 atom stereocenters. The molecule has 2 nitrogen and oxygen atoms in total. The van der Waals surface area contributed by atoms with Gasteiger partial charge in [-0.1, -0.05) is 34.6 Å². The smallest absolute Gasteiger partial charge is 0.143 e. The molecule has 0 aromatic heterocycles. The average Bonchev–Trinajstić information content (AvgIpc) is 1.95. The maximum absolute atomic E-state index is 12.3. The molecule has 0 aliphatic heterocycles. The SMILES string of the molecule is CC(CC(C)(C)C(=O)C(C)(C)C)OC(C)(C)C. The molecule has 17 heavy (non-hydrogen) atoms. The number of hydrogen-bond donors (Lipinski definition) is 0. The van der Waals surface area contributed by atoms with Crippen LogP contribution in [0.15, 0.2) is 0 Å². The molecule has 102 valence electrons. The van der Waals surface area contributed by atoms with E-state index in [1.54, 1.807) is 0 Å². The highest BCUT2D eigenvalue weighted by molar-refractivity contribution is 5.88. The van der Waals surface area contributed by atoms with Gasteiger partial charge in [-0.25, -0.2) is 0 Å². The fourth-order valence-corrected chi connectivity index (χ4v) is 2.47. The monoisotopic (exact) mass is 242 g/mol. The summed E-state index contributed by atoms with van der Waals surface area (Å²) in [6.45, 7) is 18.1. The minimum absolute atomic E-state index is 0.0938. The van der Waals surface area contributed by atoms with E-state index in [0.717, 1.165) is 6.42 Å². The summed E-state index contributed by atoms with van der Waals surface area (Å²) in [6.07, 6.45) is 0.858. The fourth-order valence-electron chi connectivity index (χ4n) is 2.47. The van der Waals surface area contributed by atoms with Gasteiger partial charge in [-0.2, -0.15) is 0 Å². The summed E-state index contributed by atoms with van der Waals surface area (Å²) in [5.41, 5.74) is -0.770. The number of hydrogen-bond acceptors (Lipinski definition) is 2. The topological polar surface area (TPSA) is 26.3 Å². The summed E-state index contributed by atoms with van der Waals surface area (Å²) in [7, 11) is 0. The van der Waals surface area contributed by atoms with Crippen LogP contribution in [0, 0.1) is 10.8 Å². The Bertz CT molecular complexity index is 264. The number of Topliss-reactive ketones (excluding diaryl/α,β-unsaturated/α-hetero) is 1. The first-order valence-corrected chi connectivity index (χ1v) is 6.48. The van der Waals surface area contributed by atoms with Crippen molar-refractivity contribution < 1.29 is 9.53 Å². The number of carbonyl (C=O) groups is 1. The summed E-state index contributed by atoms with van der Waals surface area (Å²) in [6, 6.07) is 0. The van der Waals surface area contributed by atoms with E-state index in [-0.39, 0.29) is 22.5 Å². The predicted molar refractivity (Wildman–Crippen MR) is 73.2 cm³/mol. The summed E-state index contributed by atoms with van der Waals surface area (Å²) >= 11 is 0. The van der Waals surface area contributed by atoms with Crippen LogP contribution in [-0.4, -0.2) is 17.5 Å². The summed E-state index contributed by atoms with van der Waals surface area (Å²) in [4.78, 5) is 12.3. The molecule has 0 aromatic rings. The molecule has 0 radical (unpaired) electrons. The lowest BCUT2D eigenvalue weighted by atomic mass is 9.72. The number of ether oxygens (including phenoxy) is 1. The van der Waals surface area contributed by atoms with Gasteiger partial charge < -0.3 is 4.74 Å². The summed E-state index contributed by atoms with van der Waals surface area (Å²) < 4.78 is 5.88. The molecule has 0 amide bonds. The van der Waals surface area contributed by atoms with Crippen molar-refractivity contribution in [2.24, 2.45) is 10.8 Å². The number of rotatable bonds is 4. The van der Waals surface area contributed by atoms with Crippen LogP contribution in [0.25, 0.3) is 0 Å². The van der Waals surface area contributed by atoms with Crippen LogP contribution in [0.5, 0.6) is 0 Å². The van der Waals surface area contributed by atoms with Crippen molar-refractivity contribution in [3.8, 4) is 0 Å². The molecule has 0 N–H and O–H groups in total. The van der Waals surface area contributed by atoms with Crippen molar-refractivity contribution in [1.82, 2.24) is 0 Å². The second kappa shape index (κ2) is 5.09. The van der Waals surface area contributed by atoms with Gasteiger partial charge in [0.05, 0.1) is 11.7 Å². The molecule has 0 aromatic carbocycles. The Balaban J connectivity index is 4.61. The highest BCUT2D eigenvalue weighted by atomic mass is 16.5. The first-order chi connectivity index (χ1) is 7.26. The molecule has 2 heteroatoms.